The van der Waals surface area contributed by atoms with Crippen molar-refractivity contribution in [1.82, 2.24) is 15.1 Å². The van der Waals surface area contributed by atoms with Crippen molar-refractivity contribution >= 4 is 17.3 Å². The zero-order valence-electron chi connectivity index (χ0n) is 20.2. The topological polar surface area (TPSA) is 56.9 Å². The van der Waals surface area contributed by atoms with E-state index in [0.717, 1.165) is 49.0 Å². The Hall–Kier alpha value is -3.31. The Bertz CT molecular complexity index is 1120. The largest absolute Gasteiger partial charge is 0.405 e. The number of aliphatic imine (C=N–C) groups is 1. The summed E-state index contributed by atoms with van der Waals surface area (Å²) in [4.78, 5) is 9.67. The molecule has 2 heterocycles. The van der Waals surface area contributed by atoms with Gasteiger partial charge in [-0.25, -0.2) is 4.99 Å². The first-order valence-electron chi connectivity index (χ1n) is 11.7. The minimum Gasteiger partial charge on any atom is -0.405 e. The second-order valence-electron chi connectivity index (χ2n) is 8.95. The molecule has 0 saturated carbocycles. The average molecular weight is 442 g/mol. The number of rotatable bonds is 6. The van der Waals surface area contributed by atoms with Gasteiger partial charge >= 0.3 is 0 Å². The Kier molecular flexibility index (Phi) is 6.70. The highest BCUT2D eigenvalue weighted by Gasteiger charge is 2.30. The molecule has 5 nitrogen and oxygen atoms in total. The molecule has 0 spiro atoms. The SMILES string of the molecule is C=C1c2cc(C)cc(CNC(C)/C(=C\C=C/N)CC)c2N=C(N2Cc3ccccc3C2)N1C. The molecule has 3 N–H and O–H groups in total. The lowest BCUT2D eigenvalue weighted by Crippen LogP contribution is -2.40. The summed E-state index contributed by atoms with van der Waals surface area (Å²) in [7, 11) is 2.07. The van der Waals surface area contributed by atoms with Crippen LogP contribution in [0.15, 0.2) is 71.9 Å². The van der Waals surface area contributed by atoms with Crippen LogP contribution in [0.2, 0.25) is 0 Å². The molecule has 0 aliphatic carbocycles. The minimum absolute atomic E-state index is 0.244. The van der Waals surface area contributed by atoms with Crippen molar-refractivity contribution in [2.75, 3.05) is 7.05 Å². The maximum atomic E-state index is 5.53. The summed E-state index contributed by atoms with van der Waals surface area (Å²) < 4.78 is 0. The minimum atomic E-state index is 0.244. The van der Waals surface area contributed by atoms with Gasteiger partial charge in [0.1, 0.15) is 0 Å². The summed E-state index contributed by atoms with van der Waals surface area (Å²) in [6.07, 6.45) is 6.55. The molecule has 1 unspecified atom stereocenters. The molecule has 0 bridgehead atoms. The second kappa shape index (κ2) is 9.67. The normalized spacial score (nSPS) is 16.8. The van der Waals surface area contributed by atoms with E-state index >= 15 is 0 Å². The van der Waals surface area contributed by atoms with Crippen molar-refractivity contribution < 1.29 is 0 Å². The fraction of sp³-hybridized carbons (Fsp3) is 0.321. The Balaban J connectivity index is 1.64. The van der Waals surface area contributed by atoms with E-state index in [-0.39, 0.29) is 6.04 Å². The Labute approximate surface area is 198 Å². The van der Waals surface area contributed by atoms with E-state index in [2.05, 4.69) is 92.0 Å². The standard InChI is InChI=1S/C28H35N5/c1-6-22(12-9-13-29)20(3)30-16-25-14-19(2)15-26-21(4)32(5)28(31-27(25)26)33-17-23-10-7-8-11-24(23)18-33/h7-15,20,30H,4,6,16-18,29H2,1-3,5H3/b13-9-,22-12-. The maximum absolute atomic E-state index is 5.53. The van der Waals surface area contributed by atoms with Crippen molar-refractivity contribution in [3.8, 4) is 0 Å². The summed E-state index contributed by atoms with van der Waals surface area (Å²) in [5, 5.41) is 3.69. The molecule has 0 radical (unpaired) electrons. The Morgan fingerprint density at radius 2 is 1.94 bits per heavy atom. The molecule has 1 atom stereocenters. The van der Waals surface area contributed by atoms with Crippen LogP contribution in [0, 0.1) is 6.92 Å². The second-order valence-corrected chi connectivity index (χ2v) is 8.95. The number of allylic oxidation sites excluding steroid dienone is 2. The van der Waals surface area contributed by atoms with Gasteiger partial charge in [0.25, 0.3) is 0 Å². The van der Waals surface area contributed by atoms with E-state index < -0.39 is 0 Å². The van der Waals surface area contributed by atoms with Crippen molar-refractivity contribution in [1.29, 1.82) is 0 Å². The van der Waals surface area contributed by atoms with Crippen molar-refractivity contribution in [3.63, 3.8) is 0 Å². The number of aryl methyl sites for hydroxylation is 1. The molecule has 0 saturated heterocycles. The fourth-order valence-corrected chi connectivity index (χ4v) is 4.72. The predicted molar refractivity (Wildman–Crippen MR) is 139 cm³/mol. The number of benzene rings is 2. The molecule has 5 heteroatoms. The van der Waals surface area contributed by atoms with Gasteiger partial charge < -0.3 is 20.9 Å². The first-order valence-corrected chi connectivity index (χ1v) is 11.7. The van der Waals surface area contributed by atoms with E-state index in [4.69, 9.17) is 10.7 Å². The van der Waals surface area contributed by atoms with Gasteiger partial charge in [-0.2, -0.15) is 0 Å². The first kappa shape index (κ1) is 22.9. The molecule has 0 fully saturated rings. The van der Waals surface area contributed by atoms with Gasteiger partial charge in [-0.15, -0.1) is 0 Å². The molecule has 2 aromatic rings. The summed E-state index contributed by atoms with van der Waals surface area (Å²) in [5.41, 5.74) is 15.1. The van der Waals surface area contributed by atoms with E-state index in [0.29, 0.717) is 0 Å². The molecule has 2 aromatic carbocycles. The zero-order valence-corrected chi connectivity index (χ0v) is 20.2. The van der Waals surface area contributed by atoms with Crippen LogP contribution in [0.1, 0.15) is 48.1 Å². The van der Waals surface area contributed by atoms with Crippen LogP contribution in [-0.4, -0.2) is 28.8 Å². The lowest BCUT2D eigenvalue weighted by Gasteiger charge is -2.35. The van der Waals surface area contributed by atoms with Gasteiger partial charge in [0, 0.05) is 44.0 Å². The van der Waals surface area contributed by atoms with Crippen LogP contribution in [0.25, 0.3) is 5.70 Å². The van der Waals surface area contributed by atoms with Crippen molar-refractivity contribution in [2.45, 2.75) is 52.9 Å². The van der Waals surface area contributed by atoms with Gasteiger partial charge in [0.2, 0.25) is 5.96 Å². The number of nitrogens with zero attached hydrogens (tertiary/aromatic N) is 3. The van der Waals surface area contributed by atoms with E-state index in [1.165, 1.54) is 27.8 Å². The molecule has 2 aliphatic heterocycles. The third-order valence-corrected chi connectivity index (χ3v) is 6.67. The summed E-state index contributed by atoms with van der Waals surface area (Å²) in [6, 6.07) is 13.3. The van der Waals surface area contributed by atoms with Crippen LogP contribution < -0.4 is 11.1 Å². The maximum Gasteiger partial charge on any atom is 0.206 e. The summed E-state index contributed by atoms with van der Waals surface area (Å²) in [5.74, 6) is 0.962. The number of hydrogen-bond acceptors (Lipinski definition) is 5. The quantitative estimate of drug-likeness (QED) is 0.605. The molecule has 0 aromatic heterocycles. The molecule has 4 rings (SSSR count). The number of guanidine groups is 1. The van der Waals surface area contributed by atoms with Crippen LogP contribution in [-0.2, 0) is 19.6 Å². The van der Waals surface area contributed by atoms with E-state index in [9.17, 15) is 0 Å². The third-order valence-electron chi connectivity index (χ3n) is 6.67. The van der Waals surface area contributed by atoms with Gasteiger partial charge in [-0.05, 0) is 60.9 Å². The smallest absolute Gasteiger partial charge is 0.206 e. The van der Waals surface area contributed by atoms with Gasteiger partial charge in [-0.3, -0.25) is 0 Å². The summed E-state index contributed by atoms with van der Waals surface area (Å²) >= 11 is 0. The molecule has 33 heavy (non-hydrogen) atoms. The van der Waals surface area contributed by atoms with Gasteiger partial charge in [-0.1, -0.05) is 55.5 Å². The number of nitrogens with two attached hydrogens (primary N) is 1. The fourth-order valence-electron chi connectivity index (χ4n) is 4.72. The number of nitrogens with one attached hydrogen (secondary N) is 1. The molecule has 172 valence electrons. The first-order chi connectivity index (χ1) is 15.9. The van der Waals surface area contributed by atoms with Crippen molar-refractivity contribution in [3.05, 3.63) is 94.7 Å². The highest BCUT2D eigenvalue weighted by molar-refractivity contribution is 5.97. The molecule has 0 amide bonds. The monoisotopic (exact) mass is 441 g/mol. The van der Waals surface area contributed by atoms with Crippen LogP contribution in [0.3, 0.4) is 0 Å². The molecule has 2 aliphatic rings. The van der Waals surface area contributed by atoms with Crippen molar-refractivity contribution in [2.24, 2.45) is 10.7 Å². The zero-order chi connectivity index (χ0) is 23.5. The highest BCUT2D eigenvalue weighted by Crippen LogP contribution is 2.38. The van der Waals surface area contributed by atoms with E-state index in [1.54, 1.807) is 6.20 Å². The molecular weight excluding hydrogens is 406 g/mol. The number of fused-ring (bicyclic) bond motifs is 2. The predicted octanol–water partition coefficient (Wildman–Crippen LogP) is 5.20. The Morgan fingerprint density at radius 3 is 2.58 bits per heavy atom. The van der Waals surface area contributed by atoms with Crippen LogP contribution >= 0.6 is 0 Å². The summed E-state index contributed by atoms with van der Waals surface area (Å²) in [6.45, 7) is 13.4. The van der Waals surface area contributed by atoms with Crippen LogP contribution in [0.5, 0.6) is 0 Å². The Morgan fingerprint density at radius 1 is 1.24 bits per heavy atom. The molecular formula is C28H35N5. The number of hydrogen-bond donors (Lipinski definition) is 2. The lowest BCUT2D eigenvalue weighted by molar-refractivity contribution is 0.397. The third kappa shape index (κ3) is 4.60. The highest BCUT2D eigenvalue weighted by atomic mass is 15.4. The van der Waals surface area contributed by atoms with Gasteiger partial charge in [0.15, 0.2) is 0 Å². The van der Waals surface area contributed by atoms with Gasteiger partial charge in [0.05, 0.1) is 5.69 Å². The lowest BCUT2D eigenvalue weighted by atomic mass is 9.98. The average Bonchev–Trinajstić information content (AvgIpc) is 3.24. The van der Waals surface area contributed by atoms with E-state index in [1.807, 2.05) is 6.08 Å². The van der Waals surface area contributed by atoms with Crippen LogP contribution in [0.4, 0.5) is 5.69 Å².